The number of ether oxygens (including phenoxy) is 3. The van der Waals surface area contributed by atoms with E-state index in [2.05, 4.69) is 10.8 Å². The molecule has 0 fully saturated rings. The van der Waals surface area contributed by atoms with Crippen LogP contribution in [0.1, 0.15) is 17.5 Å². The first-order valence-electron chi connectivity index (χ1n) is 8.92. The maximum atomic E-state index is 12.6. The first-order chi connectivity index (χ1) is 14.3. The predicted molar refractivity (Wildman–Crippen MR) is 105 cm³/mol. The second-order valence-electron chi connectivity index (χ2n) is 6.32. The molecule has 0 saturated heterocycles. The Bertz CT molecular complexity index is 866. The number of rotatable bonds is 11. The average molecular weight is 439 g/mol. The van der Waals surface area contributed by atoms with E-state index < -0.39 is 11.7 Å². The zero-order valence-corrected chi connectivity index (χ0v) is 17.0. The van der Waals surface area contributed by atoms with Crippen molar-refractivity contribution in [2.24, 2.45) is 5.92 Å². The van der Waals surface area contributed by atoms with E-state index in [9.17, 15) is 18.0 Å². The van der Waals surface area contributed by atoms with E-state index in [1.54, 1.807) is 6.07 Å². The third-order valence-corrected chi connectivity index (χ3v) is 5.26. The first-order valence-corrected chi connectivity index (χ1v) is 9.90. The number of aryl methyl sites for hydroxylation is 1. The molecule has 2 aromatic carbocycles. The molecule has 160 valence electrons. The fourth-order valence-corrected chi connectivity index (χ4v) is 3.53. The Morgan fingerprint density at radius 2 is 1.90 bits per heavy atom. The van der Waals surface area contributed by atoms with Crippen LogP contribution in [0.5, 0.6) is 11.5 Å². The molecule has 0 heterocycles. The number of carbonyl (C=O) groups is 1. The summed E-state index contributed by atoms with van der Waals surface area (Å²) in [7, 11) is 0. The fraction of sp³-hybridized carbons (Fsp3) is 0.333. The molecule has 2 rings (SSSR count). The van der Waals surface area contributed by atoms with E-state index in [1.807, 2.05) is 19.1 Å². The molecule has 30 heavy (non-hydrogen) atoms. The van der Waals surface area contributed by atoms with Crippen molar-refractivity contribution >= 4 is 18.2 Å². The number of thioether (sulfide) groups is 1. The molecule has 0 spiro atoms. The van der Waals surface area contributed by atoms with Crippen molar-refractivity contribution in [3.8, 4) is 17.6 Å². The molecular weight excluding hydrogens is 419 g/mol. The second kappa shape index (κ2) is 11.4. The monoisotopic (exact) mass is 439 g/mol. The summed E-state index contributed by atoms with van der Waals surface area (Å²) in [5, 5.41) is 9.05. The van der Waals surface area contributed by atoms with Gasteiger partial charge in [-0.25, -0.2) is 0 Å². The normalized spacial score (nSPS) is 12.0. The number of alkyl halides is 3. The Morgan fingerprint density at radius 3 is 2.50 bits per heavy atom. The highest BCUT2D eigenvalue weighted by Gasteiger charge is 2.30. The van der Waals surface area contributed by atoms with Crippen molar-refractivity contribution in [2.75, 3.05) is 19.2 Å². The molecule has 1 atom stereocenters. The van der Waals surface area contributed by atoms with Crippen LogP contribution in [0.3, 0.4) is 0 Å². The summed E-state index contributed by atoms with van der Waals surface area (Å²) >= 11 is 1.54. The summed E-state index contributed by atoms with van der Waals surface area (Å²) in [6, 6.07) is 12.1. The highest BCUT2D eigenvalue weighted by Crippen LogP contribution is 2.31. The topological polar surface area (TPSA) is 68.6 Å². The third-order valence-electron chi connectivity index (χ3n) is 4.03. The lowest BCUT2D eigenvalue weighted by Gasteiger charge is -2.16. The van der Waals surface area contributed by atoms with E-state index in [-0.39, 0.29) is 25.7 Å². The third kappa shape index (κ3) is 7.52. The minimum Gasteiger partial charge on any atom is -0.493 e. The average Bonchev–Trinajstić information content (AvgIpc) is 2.71. The Morgan fingerprint density at radius 1 is 1.17 bits per heavy atom. The molecule has 0 bridgehead atoms. The number of hydrogen-bond donors (Lipinski definition) is 0. The van der Waals surface area contributed by atoms with Crippen molar-refractivity contribution in [1.29, 1.82) is 5.26 Å². The van der Waals surface area contributed by atoms with Crippen LogP contribution in [0.2, 0.25) is 0 Å². The zero-order valence-electron chi connectivity index (χ0n) is 16.1. The largest absolute Gasteiger partial charge is 0.493 e. The second-order valence-corrected chi connectivity index (χ2v) is 7.42. The number of halogens is 3. The summed E-state index contributed by atoms with van der Waals surface area (Å²) in [5.41, 5.74) is 0.131. The van der Waals surface area contributed by atoms with Crippen molar-refractivity contribution in [2.45, 2.75) is 24.4 Å². The highest BCUT2D eigenvalue weighted by molar-refractivity contribution is 7.99. The SMILES string of the molecule is Cc1cc(SCC(CC#N)COc2ccc(C(F)(F)F)cc2)ccc1OCOC=O. The molecule has 0 amide bonds. The quantitative estimate of drug-likeness (QED) is 0.207. The minimum atomic E-state index is -4.39. The molecule has 1 unspecified atom stereocenters. The molecule has 0 saturated carbocycles. The van der Waals surface area contributed by atoms with Crippen LogP contribution >= 0.6 is 11.8 Å². The van der Waals surface area contributed by atoms with Gasteiger partial charge in [0.1, 0.15) is 11.5 Å². The molecule has 0 aliphatic heterocycles. The van der Waals surface area contributed by atoms with E-state index in [1.165, 1.54) is 23.9 Å². The number of nitriles is 1. The summed E-state index contributed by atoms with van der Waals surface area (Å²) < 4.78 is 53.3. The zero-order chi connectivity index (χ0) is 22.0. The molecule has 0 aliphatic rings. The van der Waals surface area contributed by atoms with E-state index >= 15 is 0 Å². The van der Waals surface area contributed by atoms with Gasteiger partial charge in [0.25, 0.3) is 6.47 Å². The van der Waals surface area contributed by atoms with Gasteiger partial charge in [-0.1, -0.05) is 0 Å². The maximum Gasteiger partial charge on any atom is 0.416 e. The Balaban J connectivity index is 1.89. The molecule has 5 nitrogen and oxygen atoms in total. The van der Waals surface area contributed by atoms with Gasteiger partial charge in [-0.15, -0.1) is 11.8 Å². The van der Waals surface area contributed by atoms with Crippen LogP contribution in [-0.2, 0) is 15.7 Å². The van der Waals surface area contributed by atoms with Crippen LogP contribution in [0.4, 0.5) is 13.2 Å². The summed E-state index contributed by atoms with van der Waals surface area (Å²) in [4.78, 5) is 11.1. The fourth-order valence-electron chi connectivity index (χ4n) is 2.46. The maximum absolute atomic E-state index is 12.6. The van der Waals surface area contributed by atoms with Gasteiger partial charge in [0.05, 0.1) is 18.2 Å². The minimum absolute atomic E-state index is 0.0977. The molecule has 0 radical (unpaired) electrons. The molecular formula is C21H20F3NO4S. The summed E-state index contributed by atoms with van der Waals surface area (Å²) in [6.07, 6.45) is -4.13. The lowest BCUT2D eigenvalue weighted by molar-refractivity contribution is -0.137. The molecule has 9 heteroatoms. The standard InChI is InChI=1S/C21H20F3NO4S/c1-15-10-19(6-7-20(15)29-14-27-13-26)30-12-16(8-9-25)11-28-18-4-2-17(3-5-18)21(22,23)24/h2-7,10,13,16H,8,11-12,14H2,1H3. The molecule has 0 N–H and O–H groups in total. The van der Waals surface area contributed by atoms with Crippen LogP contribution in [0.25, 0.3) is 0 Å². The van der Waals surface area contributed by atoms with Gasteiger partial charge in [-0.05, 0) is 55.0 Å². The van der Waals surface area contributed by atoms with E-state index in [0.717, 1.165) is 22.6 Å². The predicted octanol–water partition coefficient (Wildman–Crippen LogP) is 5.22. The van der Waals surface area contributed by atoms with E-state index in [0.29, 0.717) is 23.7 Å². The summed E-state index contributed by atoms with van der Waals surface area (Å²) in [6.45, 7) is 2.22. The molecule has 0 aromatic heterocycles. The highest BCUT2D eigenvalue weighted by atomic mass is 32.2. The van der Waals surface area contributed by atoms with Gasteiger partial charge in [0, 0.05) is 23.0 Å². The Kier molecular flexibility index (Phi) is 8.87. The molecule has 0 aliphatic carbocycles. The van der Waals surface area contributed by atoms with Crippen molar-refractivity contribution in [1.82, 2.24) is 0 Å². The summed E-state index contributed by atoms with van der Waals surface area (Å²) in [5.74, 6) is 1.42. The van der Waals surface area contributed by atoms with Gasteiger partial charge >= 0.3 is 6.18 Å². The van der Waals surface area contributed by atoms with Gasteiger partial charge in [-0.2, -0.15) is 18.4 Å². The van der Waals surface area contributed by atoms with Crippen LogP contribution < -0.4 is 9.47 Å². The number of carbonyl (C=O) groups excluding carboxylic acids is 1. The van der Waals surface area contributed by atoms with Gasteiger partial charge in [0.2, 0.25) is 6.79 Å². The molecule has 2 aromatic rings. The lowest BCUT2D eigenvalue weighted by Crippen LogP contribution is -2.14. The van der Waals surface area contributed by atoms with Crippen LogP contribution in [-0.4, -0.2) is 25.6 Å². The van der Waals surface area contributed by atoms with Gasteiger partial charge < -0.3 is 14.2 Å². The lowest BCUT2D eigenvalue weighted by atomic mass is 10.1. The van der Waals surface area contributed by atoms with Crippen molar-refractivity contribution < 1.29 is 32.2 Å². The number of nitrogens with zero attached hydrogens (tertiary/aromatic N) is 1. The van der Waals surface area contributed by atoms with Gasteiger partial charge in [-0.3, -0.25) is 4.79 Å². The van der Waals surface area contributed by atoms with Crippen LogP contribution in [0, 0.1) is 24.2 Å². The Hall–Kier alpha value is -2.86. The van der Waals surface area contributed by atoms with Crippen molar-refractivity contribution in [3.63, 3.8) is 0 Å². The van der Waals surface area contributed by atoms with Crippen molar-refractivity contribution in [3.05, 3.63) is 53.6 Å². The number of hydrogen-bond acceptors (Lipinski definition) is 6. The van der Waals surface area contributed by atoms with Crippen LogP contribution in [0.15, 0.2) is 47.4 Å². The van der Waals surface area contributed by atoms with E-state index in [4.69, 9.17) is 14.7 Å². The van der Waals surface area contributed by atoms with Gasteiger partial charge in [0.15, 0.2) is 0 Å². The smallest absolute Gasteiger partial charge is 0.416 e. The number of benzene rings is 2. The first kappa shape index (κ1) is 23.4. The Labute approximate surface area is 176 Å².